The fourth-order valence-corrected chi connectivity index (χ4v) is 5.44. The van der Waals surface area contributed by atoms with Gasteiger partial charge in [-0.05, 0) is 43.2 Å². The second kappa shape index (κ2) is 10.3. The third-order valence-corrected chi connectivity index (χ3v) is 7.51. The molecule has 0 bridgehead atoms. The van der Waals surface area contributed by atoms with Crippen LogP contribution in [-0.4, -0.2) is 56.1 Å². The van der Waals surface area contributed by atoms with E-state index in [-0.39, 0.29) is 34.5 Å². The van der Waals surface area contributed by atoms with Crippen LogP contribution in [0.3, 0.4) is 0 Å². The van der Waals surface area contributed by atoms with E-state index in [9.17, 15) is 18.0 Å². The Morgan fingerprint density at radius 2 is 1.87 bits per heavy atom. The Bertz CT molecular complexity index is 1020. The van der Waals surface area contributed by atoms with E-state index in [0.29, 0.717) is 18.8 Å². The molecular weight excluding hydrogens is 442 g/mol. The monoisotopic (exact) mass is 467 g/mol. The molecule has 1 fully saturated rings. The number of halogens is 1. The zero-order valence-corrected chi connectivity index (χ0v) is 18.9. The second-order valence-electron chi connectivity index (χ2n) is 7.48. The molecule has 1 aromatic heterocycles. The van der Waals surface area contributed by atoms with E-state index in [2.05, 4.69) is 5.32 Å². The number of hydrogen-bond donors (Lipinski definition) is 1. The fourth-order valence-electron chi connectivity index (χ4n) is 3.42. The lowest BCUT2D eigenvalue weighted by atomic mass is 10.2. The average molecular weight is 468 g/mol. The number of carbonyl (C=O) groups is 2. The van der Waals surface area contributed by atoms with Crippen LogP contribution in [0.1, 0.15) is 41.8 Å². The zero-order chi connectivity index (χ0) is 22.4. The Hall–Kier alpha value is -2.36. The highest BCUT2D eigenvalue weighted by Gasteiger charge is 2.28. The van der Waals surface area contributed by atoms with Crippen LogP contribution in [0.25, 0.3) is 0 Å². The molecule has 3 rings (SSSR count). The molecule has 0 atom stereocenters. The molecule has 1 aliphatic rings. The van der Waals surface area contributed by atoms with Gasteiger partial charge in [-0.2, -0.15) is 4.31 Å². The van der Waals surface area contributed by atoms with Crippen LogP contribution < -0.4 is 5.32 Å². The molecular formula is C21H26ClN3O5S. The first-order valence-corrected chi connectivity index (χ1v) is 11.9. The maximum absolute atomic E-state index is 13.1. The van der Waals surface area contributed by atoms with Crippen molar-refractivity contribution in [1.82, 2.24) is 14.5 Å². The van der Waals surface area contributed by atoms with Gasteiger partial charge in [-0.3, -0.25) is 9.59 Å². The first kappa shape index (κ1) is 23.3. The van der Waals surface area contributed by atoms with Crippen LogP contribution in [0.2, 0.25) is 5.02 Å². The van der Waals surface area contributed by atoms with Crippen LogP contribution in [0.5, 0.6) is 0 Å². The molecule has 0 aliphatic carbocycles. The molecule has 31 heavy (non-hydrogen) atoms. The van der Waals surface area contributed by atoms with Crippen molar-refractivity contribution in [3.8, 4) is 0 Å². The number of nitrogens with zero attached hydrogens (tertiary/aromatic N) is 2. The van der Waals surface area contributed by atoms with Gasteiger partial charge in [0, 0.05) is 25.7 Å². The zero-order valence-electron chi connectivity index (χ0n) is 17.3. The lowest BCUT2D eigenvalue weighted by Gasteiger charge is -2.22. The number of nitrogens with one attached hydrogen (secondary N) is 1. The van der Waals surface area contributed by atoms with E-state index in [4.69, 9.17) is 16.0 Å². The molecule has 1 aromatic carbocycles. The average Bonchev–Trinajstić information content (AvgIpc) is 3.11. The predicted molar refractivity (Wildman–Crippen MR) is 116 cm³/mol. The summed E-state index contributed by atoms with van der Waals surface area (Å²) in [5.41, 5.74) is 0.152. The van der Waals surface area contributed by atoms with Crippen molar-refractivity contribution in [2.24, 2.45) is 0 Å². The summed E-state index contributed by atoms with van der Waals surface area (Å²) in [6, 6.07) is 7.61. The molecule has 2 heterocycles. The van der Waals surface area contributed by atoms with E-state index in [1.807, 2.05) is 0 Å². The van der Waals surface area contributed by atoms with Gasteiger partial charge in [-0.25, -0.2) is 8.42 Å². The molecule has 2 aromatic rings. The van der Waals surface area contributed by atoms with Gasteiger partial charge >= 0.3 is 0 Å². The molecule has 2 amide bonds. The smallest absolute Gasteiger partial charge is 0.254 e. The van der Waals surface area contributed by atoms with Gasteiger partial charge in [0.25, 0.3) is 5.91 Å². The molecule has 1 aliphatic heterocycles. The largest absolute Gasteiger partial charge is 0.467 e. The third kappa shape index (κ3) is 5.87. The van der Waals surface area contributed by atoms with Crippen molar-refractivity contribution in [2.75, 3.05) is 26.7 Å². The van der Waals surface area contributed by atoms with Gasteiger partial charge in [0.05, 0.1) is 24.4 Å². The van der Waals surface area contributed by atoms with E-state index < -0.39 is 15.9 Å². The maximum atomic E-state index is 13.1. The Kier molecular flexibility index (Phi) is 7.74. The lowest BCUT2D eigenvalue weighted by molar-refractivity contribution is -0.121. The number of amides is 2. The van der Waals surface area contributed by atoms with Crippen molar-refractivity contribution in [1.29, 1.82) is 0 Å². The molecule has 0 unspecified atom stereocenters. The van der Waals surface area contributed by atoms with Crippen LogP contribution >= 0.6 is 11.6 Å². The Labute approximate surface area is 187 Å². The molecule has 1 N–H and O–H groups in total. The Balaban J connectivity index is 1.70. The highest BCUT2D eigenvalue weighted by molar-refractivity contribution is 7.89. The van der Waals surface area contributed by atoms with Crippen LogP contribution in [0, 0.1) is 0 Å². The van der Waals surface area contributed by atoms with E-state index >= 15 is 0 Å². The minimum absolute atomic E-state index is 0.0691. The summed E-state index contributed by atoms with van der Waals surface area (Å²) in [5.74, 6) is -0.237. The van der Waals surface area contributed by atoms with E-state index in [0.717, 1.165) is 25.7 Å². The molecule has 168 valence electrons. The second-order valence-corrected chi connectivity index (χ2v) is 9.79. The molecule has 10 heteroatoms. The van der Waals surface area contributed by atoms with Gasteiger partial charge < -0.3 is 14.6 Å². The first-order chi connectivity index (χ1) is 14.8. The molecule has 0 radical (unpaired) electrons. The van der Waals surface area contributed by atoms with Crippen molar-refractivity contribution < 1.29 is 22.4 Å². The summed E-state index contributed by atoms with van der Waals surface area (Å²) in [7, 11) is -2.34. The highest BCUT2D eigenvalue weighted by Crippen LogP contribution is 2.28. The van der Waals surface area contributed by atoms with Crippen molar-refractivity contribution in [3.63, 3.8) is 0 Å². The first-order valence-electron chi connectivity index (χ1n) is 10.1. The standard InChI is InChI=1S/C21H26ClN3O5S/c1-24(15-20(26)23-14-17-7-6-12-30-17)21(27)16-8-9-18(22)19(13-16)31(28,29)25-10-4-2-3-5-11-25/h6-9,12-13H,2-5,10-11,14-15H2,1H3,(H,23,26). The highest BCUT2D eigenvalue weighted by atomic mass is 35.5. The minimum atomic E-state index is -3.81. The van der Waals surface area contributed by atoms with Gasteiger partial charge in [-0.1, -0.05) is 24.4 Å². The number of hydrogen-bond acceptors (Lipinski definition) is 5. The van der Waals surface area contributed by atoms with Crippen LogP contribution in [0.4, 0.5) is 0 Å². The predicted octanol–water partition coefficient (Wildman–Crippen LogP) is 2.89. The summed E-state index contributed by atoms with van der Waals surface area (Å²) < 4.78 is 32.8. The Morgan fingerprint density at radius 3 is 2.52 bits per heavy atom. The van der Waals surface area contributed by atoms with E-state index in [1.165, 1.54) is 40.7 Å². The summed E-state index contributed by atoms with van der Waals surface area (Å²) >= 11 is 6.20. The summed E-state index contributed by atoms with van der Waals surface area (Å²) in [6.07, 6.45) is 5.09. The maximum Gasteiger partial charge on any atom is 0.254 e. The summed E-state index contributed by atoms with van der Waals surface area (Å²) in [5, 5.41) is 2.73. The minimum Gasteiger partial charge on any atom is -0.467 e. The van der Waals surface area contributed by atoms with Crippen molar-refractivity contribution in [2.45, 2.75) is 37.1 Å². The topological polar surface area (TPSA) is 99.9 Å². The summed E-state index contributed by atoms with van der Waals surface area (Å²) in [4.78, 5) is 26.1. The lowest BCUT2D eigenvalue weighted by Crippen LogP contribution is -2.38. The summed E-state index contributed by atoms with van der Waals surface area (Å²) in [6.45, 7) is 0.905. The van der Waals surface area contributed by atoms with Gasteiger partial charge in [0.1, 0.15) is 10.7 Å². The van der Waals surface area contributed by atoms with Crippen molar-refractivity contribution >= 4 is 33.4 Å². The van der Waals surface area contributed by atoms with Crippen molar-refractivity contribution in [3.05, 3.63) is 52.9 Å². The van der Waals surface area contributed by atoms with Gasteiger partial charge in [0.2, 0.25) is 15.9 Å². The molecule has 1 saturated heterocycles. The Morgan fingerprint density at radius 1 is 1.16 bits per heavy atom. The number of furan rings is 1. The molecule has 0 saturated carbocycles. The SMILES string of the molecule is CN(CC(=O)NCc1ccco1)C(=O)c1ccc(Cl)c(S(=O)(=O)N2CCCCCC2)c1. The number of likely N-dealkylation sites (N-methyl/N-ethyl adjacent to an activating group) is 1. The number of carbonyl (C=O) groups excluding carboxylic acids is 2. The molecule has 0 spiro atoms. The van der Waals surface area contributed by atoms with Gasteiger partial charge in [0.15, 0.2) is 0 Å². The van der Waals surface area contributed by atoms with Crippen LogP contribution in [-0.2, 0) is 21.4 Å². The molecule has 8 nitrogen and oxygen atoms in total. The van der Waals surface area contributed by atoms with Gasteiger partial charge in [-0.15, -0.1) is 0 Å². The van der Waals surface area contributed by atoms with E-state index in [1.54, 1.807) is 12.1 Å². The van der Waals surface area contributed by atoms with Crippen LogP contribution in [0.15, 0.2) is 45.9 Å². The third-order valence-electron chi connectivity index (χ3n) is 5.13. The number of sulfonamides is 1. The quantitative estimate of drug-likeness (QED) is 0.674. The number of rotatable bonds is 7. The normalized spacial score (nSPS) is 15.3. The fraction of sp³-hybridized carbons (Fsp3) is 0.429. The number of benzene rings is 1.